The molecule has 2 heteroatoms. The molecule has 1 fully saturated rings. The van der Waals surface area contributed by atoms with Crippen molar-refractivity contribution < 1.29 is 9.64 Å². The highest BCUT2D eigenvalue weighted by atomic mass is 16.5. The van der Waals surface area contributed by atoms with Crippen molar-refractivity contribution in [1.29, 1.82) is 0 Å². The van der Waals surface area contributed by atoms with Gasteiger partial charge in [-0.05, 0) is 62.8 Å². The fourth-order valence-electron chi connectivity index (χ4n) is 2.96. The average Bonchev–Trinajstić information content (AvgIpc) is 2.41. The van der Waals surface area contributed by atoms with Crippen LogP contribution in [0.4, 0.5) is 0 Å². The topological polar surface area (TPSA) is 13.7 Å². The second-order valence-electron chi connectivity index (χ2n) is 5.97. The van der Waals surface area contributed by atoms with Crippen molar-refractivity contribution in [3.63, 3.8) is 0 Å². The van der Waals surface area contributed by atoms with Gasteiger partial charge in [0.15, 0.2) is 0 Å². The summed E-state index contributed by atoms with van der Waals surface area (Å²) in [6.07, 6.45) is 5.42. The molecule has 1 N–H and O–H groups in total. The van der Waals surface area contributed by atoms with E-state index in [-0.39, 0.29) is 0 Å². The Balaban J connectivity index is 1.76. The third-order valence-corrected chi connectivity index (χ3v) is 4.26. The van der Waals surface area contributed by atoms with Gasteiger partial charge < -0.3 is 9.64 Å². The van der Waals surface area contributed by atoms with Gasteiger partial charge in [-0.3, -0.25) is 0 Å². The Kier molecular flexibility index (Phi) is 5.26. The summed E-state index contributed by atoms with van der Waals surface area (Å²) in [5, 5.41) is 0. The molecule has 1 aromatic rings. The Bertz CT molecular complexity index is 408. The van der Waals surface area contributed by atoms with Gasteiger partial charge in [-0.15, -0.1) is 0 Å². The van der Waals surface area contributed by atoms with Gasteiger partial charge in [0.25, 0.3) is 0 Å². The molecule has 2 nitrogen and oxygen atoms in total. The van der Waals surface area contributed by atoms with Gasteiger partial charge in [-0.25, -0.2) is 0 Å². The molecule has 0 atom stereocenters. The number of benzene rings is 1. The van der Waals surface area contributed by atoms with E-state index < -0.39 is 0 Å². The van der Waals surface area contributed by atoms with E-state index in [1.807, 2.05) is 0 Å². The number of hydrogen-bond donors (Lipinski definition) is 1. The SMILES string of the molecule is Cc1cc(C)c(C)c(OCCC[NH+]2CCCCC2)c1. The minimum absolute atomic E-state index is 0.854. The van der Waals surface area contributed by atoms with Crippen LogP contribution in [0, 0.1) is 20.8 Å². The quantitative estimate of drug-likeness (QED) is 0.805. The van der Waals surface area contributed by atoms with Crippen LogP contribution in [-0.2, 0) is 0 Å². The van der Waals surface area contributed by atoms with Crippen molar-refractivity contribution in [3.05, 3.63) is 28.8 Å². The average molecular weight is 262 g/mol. The summed E-state index contributed by atoms with van der Waals surface area (Å²) < 4.78 is 5.98. The molecule has 0 aromatic heterocycles. The van der Waals surface area contributed by atoms with Gasteiger partial charge in [0.2, 0.25) is 0 Å². The number of aryl methyl sites for hydroxylation is 2. The van der Waals surface area contributed by atoms with Gasteiger partial charge in [0.1, 0.15) is 5.75 Å². The Hall–Kier alpha value is -1.02. The Labute approximate surface area is 117 Å². The van der Waals surface area contributed by atoms with Gasteiger partial charge in [-0.1, -0.05) is 6.07 Å². The van der Waals surface area contributed by atoms with E-state index >= 15 is 0 Å². The second-order valence-corrected chi connectivity index (χ2v) is 5.97. The van der Waals surface area contributed by atoms with Crippen molar-refractivity contribution in [3.8, 4) is 5.75 Å². The number of rotatable bonds is 5. The first-order valence-corrected chi connectivity index (χ1v) is 7.71. The third-order valence-electron chi connectivity index (χ3n) is 4.26. The predicted molar refractivity (Wildman–Crippen MR) is 80.2 cm³/mol. The number of ether oxygens (including phenoxy) is 1. The summed E-state index contributed by atoms with van der Waals surface area (Å²) in [6, 6.07) is 4.39. The first-order chi connectivity index (χ1) is 9.16. The fourth-order valence-corrected chi connectivity index (χ4v) is 2.96. The smallest absolute Gasteiger partial charge is 0.122 e. The van der Waals surface area contributed by atoms with Gasteiger partial charge in [0, 0.05) is 6.42 Å². The zero-order chi connectivity index (χ0) is 13.7. The van der Waals surface area contributed by atoms with Gasteiger partial charge >= 0.3 is 0 Å². The Morgan fingerprint density at radius 2 is 1.79 bits per heavy atom. The molecule has 0 radical (unpaired) electrons. The van der Waals surface area contributed by atoms with Crippen LogP contribution in [0.5, 0.6) is 5.75 Å². The van der Waals surface area contributed by atoms with E-state index in [0.29, 0.717) is 0 Å². The van der Waals surface area contributed by atoms with Crippen LogP contribution in [0.25, 0.3) is 0 Å². The molecule has 0 saturated carbocycles. The highest BCUT2D eigenvalue weighted by Gasteiger charge is 2.12. The maximum Gasteiger partial charge on any atom is 0.122 e. The van der Waals surface area contributed by atoms with Crippen LogP contribution < -0.4 is 9.64 Å². The zero-order valence-electron chi connectivity index (χ0n) is 12.7. The summed E-state index contributed by atoms with van der Waals surface area (Å²) in [4.78, 5) is 1.77. The van der Waals surface area contributed by atoms with E-state index in [0.717, 1.165) is 12.4 Å². The number of piperidine rings is 1. The second kappa shape index (κ2) is 6.95. The highest BCUT2D eigenvalue weighted by Crippen LogP contribution is 2.23. The first-order valence-electron chi connectivity index (χ1n) is 7.71. The summed E-state index contributed by atoms with van der Waals surface area (Å²) in [7, 11) is 0. The molecule has 1 heterocycles. The molecule has 0 aliphatic carbocycles. The lowest BCUT2D eigenvalue weighted by Crippen LogP contribution is -3.12. The molecule has 0 bridgehead atoms. The number of likely N-dealkylation sites (tertiary alicyclic amines) is 1. The van der Waals surface area contributed by atoms with Crippen LogP contribution in [0.1, 0.15) is 42.4 Å². The van der Waals surface area contributed by atoms with Crippen LogP contribution in [-0.4, -0.2) is 26.2 Å². The van der Waals surface area contributed by atoms with E-state index in [1.165, 1.54) is 62.0 Å². The molecule has 1 saturated heterocycles. The third kappa shape index (κ3) is 4.24. The molecular formula is C17H28NO+. The van der Waals surface area contributed by atoms with Crippen LogP contribution in [0.3, 0.4) is 0 Å². The maximum absolute atomic E-state index is 5.98. The lowest BCUT2D eigenvalue weighted by atomic mass is 10.1. The summed E-state index contributed by atoms with van der Waals surface area (Å²) >= 11 is 0. The van der Waals surface area contributed by atoms with Gasteiger partial charge in [0.05, 0.1) is 26.2 Å². The van der Waals surface area contributed by atoms with Crippen molar-refractivity contribution in [2.24, 2.45) is 0 Å². The number of nitrogens with one attached hydrogen (secondary N) is 1. The van der Waals surface area contributed by atoms with Crippen LogP contribution in [0.2, 0.25) is 0 Å². The summed E-state index contributed by atoms with van der Waals surface area (Å²) in [6.45, 7) is 11.3. The molecule has 1 aromatic carbocycles. The Morgan fingerprint density at radius 3 is 2.53 bits per heavy atom. The number of hydrogen-bond acceptors (Lipinski definition) is 1. The minimum atomic E-state index is 0.854. The monoisotopic (exact) mass is 262 g/mol. The lowest BCUT2D eigenvalue weighted by Gasteiger charge is -2.23. The number of quaternary nitrogens is 1. The molecule has 0 unspecified atom stereocenters. The lowest BCUT2D eigenvalue weighted by molar-refractivity contribution is -0.905. The predicted octanol–water partition coefficient (Wildman–Crippen LogP) is 2.45. The molecule has 1 aliphatic heterocycles. The molecule has 19 heavy (non-hydrogen) atoms. The largest absolute Gasteiger partial charge is 0.493 e. The van der Waals surface area contributed by atoms with Crippen molar-refractivity contribution in [2.75, 3.05) is 26.2 Å². The normalized spacial score (nSPS) is 16.6. The Morgan fingerprint density at radius 1 is 1.05 bits per heavy atom. The van der Waals surface area contributed by atoms with E-state index in [9.17, 15) is 0 Å². The highest BCUT2D eigenvalue weighted by molar-refractivity contribution is 5.41. The molecule has 0 spiro atoms. The summed E-state index contributed by atoms with van der Waals surface area (Å²) in [5.41, 5.74) is 3.91. The molecule has 106 valence electrons. The zero-order valence-corrected chi connectivity index (χ0v) is 12.7. The molecular weight excluding hydrogens is 234 g/mol. The minimum Gasteiger partial charge on any atom is -0.493 e. The van der Waals surface area contributed by atoms with Crippen molar-refractivity contribution in [1.82, 2.24) is 0 Å². The van der Waals surface area contributed by atoms with Gasteiger partial charge in [-0.2, -0.15) is 0 Å². The van der Waals surface area contributed by atoms with Crippen LogP contribution in [0.15, 0.2) is 12.1 Å². The van der Waals surface area contributed by atoms with E-state index in [2.05, 4.69) is 32.9 Å². The molecule has 2 rings (SSSR count). The van der Waals surface area contributed by atoms with Crippen molar-refractivity contribution >= 4 is 0 Å². The van der Waals surface area contributed by atoms with E-state index in [4.69, 9.17) is 4.74 Å². The van der Waals surface area contributed by atoms with Crippen LogP contribution >= 0.6 is 0 Å². The van der Waals surface area contributed by atoms with E-state index in [1.54, 1.807) is 4.90 Å². The molecule has 1 aliphatic rings. The first kappa shape index (κ1) is 14.4. The summed E-state index contributed by atoms with van der Waals surface area (Å²) in [5.74, 6) is 1.08. The van der Waals surface area contributed by atoms with Crippen molar-refractivity contribution in [2.45, 2.75) is 46.5 Å². The molecule has 0 amide bonds. The maximum atomic E-state index is 5.98. The standard InChI is InChI=1S/C17H27NO/c1-14-12-15(2)16(3)17(13-14)19-11-7-10-18-8-5-4-6-9-18/h12-13H,4-11H2,1-3H3/p+1. The fraction of sp³-hybridized carbons (Fsp3) is 0.647.